The summed E-state index contributed by atoms with van der Waals surface area (Å²) in [6.07, 6.45) is 4.91. The van der Waals surface area contributed by atoms with E-state index in [-0.39, 0.29) is 5.97 Å². The summed E-state index contributed by atoms with van der Waals surface area (Å²) in [4.78, 5) is 21.5. The van der Waals surface area contributed by atoms with Gasteiger partial charge in [0.2, 0.25) is 0 Å². The van der Waals surface area contributed by atoms with Crippen molar-refractivity contribution < 1.29 is 19.4 Å². The lowest BCUT2D eigenvalue weighted by molar-refractivity contribution is 0.0601. The van der Waals surface area contributed by atoms with Gasteiger partial charge >= 0.3 is 5.97 Å². The molecule has 0 bridgehead atoms. The van der Waals surface area contributed by atoms with Gasteiger partial charge in [-0.2, -0.15) is 0 Å². The molecule has 0 atom stereocenters. The third kappa shape index (κ3) is 5.96. The van der Waals surface area contributed by atoms with E-state index in [0.717, 1.165) is 78.5 Å². The Morgan fingerprint density at radius 2 is 1.92 bits per heavy atom. The second-order valence-corrected chi connectivity index (χ2v) is 10.9. The highest BCUT2D eigenvalue weighted by atomic mass is 35.5. The van der Waals surface area contributed by atoms with Crippen LogP contribution in [0.2, 0.25) is 5.02 Å². The van der Waals surface area contributed by atoms with E-state index in [9.17, 15) is 9.90 Å². The average molecular weight is 548 g/mol. The Labute approximate surface area is 234 Å². The number of benzene rings is 2. The molecule has 2 aliphatic rings. The number of nitrogens with zero attached hydrogens (tertiary/aromatic N) is 3. The Kier molecular flexibility index (Phi) is 7.93. The first-order valence-electron chi connectivity index (χ1n) is 13.2. The minimum atomic E-state index is -0.957. The van der Waals surface area contributed by atoms with Gasteiger partial charge in [-0.3, -0.25) is 9.88 Å². The summed E-state index contributed by atoms with van der Waals surface area (Å²) in [6.45, 7) is 8.27. The number of anilines is 1. The Hall–Kier alpha value is -3.39. The minimum absolute atomic E-state index is 0.378. The molecular weight excluding hydrogens is 514 g/mol. The van der Waals surface area contributed by atoms with E-state index in [0.29, 0.717) is 17.2 Å². The zero-order valence-corrected chi connectivity index (χ0v) is 23.4. The summed E-state index contributed by atoms with van der Waals surface area (Å²) in [5.74, 6) is 0.418. The number of aromatic nitrogens is 1. The number of methoxy groups -OCH3 is 1. The van der Waals surface area contributed by atoms with Crippen LogP contribution in [0, 0.1) is 0 Å². The second-order valence-electron chi connectivity index (χ2n) is 10.4. The van der Waals surface area contributed by atoms with Gasteiger partial charge in [0.1, 0.15) is 12.4 Å². The third-order valence-corrected chi connectivity index (χ3v) is 7.63. The van der Waals surface area contributed by atoms with Crippen molar-refractivity contribution in [2.45, 2.75) is 32.5 Å². The van der Waals surface area contributed by atoms with Gasteiger partial charge in [0.25, 0.3) is 0 Å². The molecule has 1 fully saturated rings. The molecule has 1 aromatic heterocycles. The van der Waals surface area contributed by atoms with Crippen molar-refractivity contribution in [2.75, 3.05) is 44.7 Å². The van der Waals surface area contributed by atoms with E-state index in [1.54, 1.807) is 26.1 Å². The predicted molar refractivity (Wildman–Crippen MR) is 153 cm³/mol. The fourth-order valence-corrected chi connectivity index (χ4v) is 5.39. The number of hydrogen-bond acceptors (Lipinski definition) is 7. The first-order chi connectivity index (χ1) is 18.7. The van der Waals surface area contributed by atoms with Gasteiger partial charge in [0, 0.05) is 55.1 Å². The molecule has 8 heteroatoms. The molecule has 2 aromatic carbocycles. The van der Waals surface area contributed by atoms with E-state index in [4.69, 9.17) is 21.1 Å². The number of halogens is 1. The SMILES string of the molecule is COC(=O)c1cc(Cl)ccc1N1CCN(CC/C=C2/c3cc(C(C)(C)O)ccc3OCc3ncccc32)CC1. The molecule has 7 nitrogen and oxygen atoms in total. The quantitative estimate of drug-likeness (QED) is 0.420. The zero-order valence-electron chi connectivity index (χ0n) is 22.6. The maximum absolute atomic E-state index is 12.3. The molecule has 0 amide bonds. The molecule has 1 N–H and O–H groups in total. The number of carbonyl (C=O) groups excluding carboxylic acids is 1. The number of aliphatic hydroxyl groups is 1. The Morgan fingerprint density at radius 3 is 2.67 bits per heavy atom. The summed E-state index contributed by atoms with van der Waals surface area (Å²) in [5.41, 5.74) is 5.26. The molecular formula is C31H34ClN3O4. The average Bonchev–Trinajstić information content (AvgIpc) is 3.09. The maximum atomic E-state index is 12.3. The Morgan fingerprint density at radius 1 is 1.13 bits per heavy atom. The number of ether oxygens (including phenoxy) is 2. The van der Waals surface area contributed by atoms with E-state index in [1.807, 2.05) is 36.4 Å². The van der Waals surface area contributed by atoms with Gasteiger partial charge < -0.3 is 19.5 Å². The third-order valence-electron chi connectivity index (χ3n) is 7.39. The van der Waals surface area contributed by atoms with Crippen molar-refractivity contribution in [1.82, 2.24) is 9.88 Å². The van der Waals surface area contributed by atoms with Gasteiger partial charge in [-0.25, -0.2) is 4.79 Å². The highest BCUT2D eigenvalue weighted by Crippen LogP contribution is 2.38. The molecule has 0 radical (unpaired) electrons. The molecule has 3 aromatic rings. The topological polar surface area (TPSA) is 75.1 Å². The largest absolute Gasteiger partial charge is 0.487 e. The summed E-state index contributed by atoms with van der Waals surface area (Å²) in [6, 6.07) is 15.3. The summed E-state index contributed by atoms with van der Waals surface area (Å²) in [5, 5.41) is 11.2. The zero-order chi connectivity index (χ0) is 27.6. The van der Waals surface area contributed by atoms with Crippen LogP contribution < -0.4 is 9.64 Å². The standard InChI is InChI=1S/C31H34ClN3O4/c1-31(2,37)21-8-11-29-25(18-21)23(24-6-4-12-33-27(24)20-39-29)7-5-13-34-14-16-35(17-15-34)28-10-9-22(32)19-26(28)30(36)38-3/h4,6-12,18-19,37H,5,13-17,20H2,1-3H3/b23-7+. The number of pyridine rings is 1. The van der Waals surface area contributed by atoms with Crippen LogP contribution in [0.3, 0.4) is 0 Å². The van der Waals surface area contributed by atoms with Crippen molar-refractivity contribution in [3.05, 3.63) is 93.8 Å². The number of piperazine rings is 1. The normalized spacial score (nSPS) is 16.7. The van der Waals surface area contributed by atoms with Crippen LogP contribution >= 0.6 is 11.6 Å². The van der Waals surface area contributed by atoms with Crippen LogP contribution in [0.4, 0.5) is 5.69 Å². The highest BCUT2D eigenvalue weighted by molar-refractivity contribution is 6.31. The number of carbonyl (C=O) groups is 1. The van der Waals surface area contributed by atoms with E-state index in [2.05, 4.69) is 26.9 Å². The van der Waals surface area contributed by atoms with Gasteiger partial charge in [0.15, 0.2) is 0 Å². The van der Waals surface area contributed by atoms with Crippen LogP contribution in [0.25, 0.3) is 5.57 Å². The van der Waals surface area contributed by atoms with Gasteiger partial charge in [-0.05, 0) is 67.8 Å². The Bertz CT molecular complexity index is 1390. The number of fused-ring (bicyclic) bond motifs is 2. The van der Waals surface area contributed by atoms with E-state index in [1.165, 1.54) is 7.11 Å². The smallest absolute Gasteiger partial charge is 0.340 e. The molecule has 39 heavy (non-hydrogen) atoms. The van der Waals surface area contributed by atoms with Crippen LogP contribution in [-0.4, -0.2) is 60.8 Å². The first-order valence-corrected chi connectivity index (χ1v) is 13.6. The highest BCUT2D eigenvalue weighted by Gasteiger charge is 2.25. The summed E-state index contributed by atoms with van der Waals surface area (Å²) >= 11 is 6.14. The lowest BCUT2D eigenvalue weighted by Gasteiger charge is -2.36. The fourth-order valence-electron chi connectivity index (χ4n) is 5.22. The minimum Gasteiger partial charge on any atom is -0.487 e. The molecule has 0 aliphatic carbocycles. The van der Waals surface area contributed by atoms with E-state index < -0.39 is 5.60 Å². The van der Waals surface area contributed by atoms with Gasteiger partial charge in [0.05, 0.1) is 29.7 Å². The van der Waals surface area contributed by atoms with E-state index >= 15 is 0 Å². The van der Waals surface area contributed by atoms with Crippen molar-refractivity contribution in [1.29, 1.82) is 0 Å². The molecule has 0 spiro atoms. The van der Waals surface area contributed by atoms with Crippen molar-refractivity contribution in [3.63, 3.8) is 0 Å². The van der Waals surface area contributed by atoms with Crippen LogP contribution in [0.5, 0.6) is 5.75 Å². The molecule has 0 unspecified atom stereocenters. The lowest BCUT2D eigenvalue weighted by Crippen LogP contribution is -2.47. The maximum Gasteiger partial charge on any atom is 0.340 e. The lowest BCUT2D eigenvalue weighted by atomic mass is 9.90. The molecule has 0 saturated carbocycles. The monoisotopic (exact) mass is 547 g/mol. The molecule has 2 aliphatic heterocycles. The van der Waals surface area contributed by atoms with Crippen LogP contribution in [0.1, 0.15) is 53.0 Å². The summed E-state index contributed by atoms with van der Waals surface area (Å²) < 4.78 is 11.1. The van der Waals surface area contributed by atoms with Gasteiger partial charge in [-0.1, -0.05) is 29.8 Å². The predicted octanol–water partition coefficient (Wildman–Crippen LogP) is 5.29. The molecule has 1 saturated heterocycles. The number of esters is 1. The van der Waals surface area contributed by atoms with Crippen LogP contribution in [-0.2, 0) is 16.9 Å². The van der Waals surface area contributed by atoms with Crippen molar-refractivity contribution in [2.24, 2.45) is 0 Å². The van der Waals surface area contributed by atoms with Crippen molar-refractivity contribution >= 4 is 28.8 Å². The fraction of sp³-hybridized carbons (Fsp3) is 0.355. The Balaban J connectivity index is 1.32. The number of rotatable bonds is 6. The number of hydrogen-bond donors (Lipinski definition) is 1. The van der Waals surface area contributed by atoms with Crippen molar-refractivity contribution in [3.8, 4) is 5.75 Å². The first kappa shape index (κ1) is 27.2. The van der Waals surface area contributed by atoms with Gasteiger partial charge in [-0.15, -0.1) is 0 Å². The summed E-state index contributed by atoms with van der Waals surface area (Å²) in [7, 11) is 1.39. The molecule has 3 heterocycles. The molecule has 204 valence electrons. The second kappa shape index (κ2) is 11.4. The molecule has 5 rings (SSSR count). The van der Waals surface area contributed by atoms with Crippen LogP contribution in [0.15, 0.2) is 60.8 Å².